The van der Waals surface area contributed by atoms with Crippen LogP contribution in [0.2, 0.25) is 0 Å². The van der Waals surface area contributed by atoms with Crippen LogP contribution in [0.1, 0.15) is 199 Å². The molecule has 2 aliphatic carbocycles. The molecular formula is C55H73I2NO2. The number of benzene rings is 4. The van der Waals surface area contributed by atoms with Crippen LogP contribution < -0.4 is 4.90 Å². The molecule has 0 spiro atoms. The molecule has 324 valence electrons. The molecule has 0 N–H and O–H groups in total. The van der Waals surface area contributed by atoms with Gasteiger partial charge in [-0.3, -0.25) is 0 Å². The molecule has 60 heavy (non-hydrogen) atoms. The van der Waals surface area contributed by atoms with E-state index in [1.54, 1.807) is 0 Å². The molecule has 0 saturated carbocycles. The van der Waals surface area contributed by atoms with Gasteiger partial charge in [-0.1, -0.05) is 155 Å². The number of amides is 1. The molecule has 0 fully saturated rings. The standard InChI is InChI=1S/C55H73I2NO2/c1-8-12-16-20-32-54(33-21-17-13-9-2)48-36-40(56)24-28-44(48)46-30-26-42(38-50(46)54)58(52(59)60-53(5,6)7)43-27-31-47-45-29-25-41(57)37-49(45)55(51(47)39-43,34-22-18-14-10-3)35-23-19-15-11-4/h24-31,36-39H,8-23,32-35H2,1-7H3. The number of carbonyl (C=O) groups is 1. The lowest BCUT2D eigenvalue weighted by molar-refractivity contribution is 0.0599. The van der Waals surface area contributed by atoms with Gasteiger partial charge in [0, 0.05) is 18.0 Å². The fraction of sp³-hybridized carbons (Fsp3) is 0.545. The predicted molar refractivity (Wildman–Crippen MR) is 274 cm³/mol. The number of anilines is 2. The Labute approximate surface area is 391 Å². The molecule has 0 aromatic heterocycles. The molecule has 4 aromatic rings. The van der Waals surface area contributed by atoms with Crippen LogP contribution in [0.4, 0.5) is 16.2 Å². The molecule has 0 radical (unpaired) electrons. The first-order valence-electron chi connectivity index (χ1n) is 23.9. The van der Waals surface area contributed by atoms with Crippen LogP contribution in [0.15, 0.2) is 72.8 Å². The number of carbonyl (C=O) groups excluding carboxylic acids is 1. The summed E-state index contributed by atoms with van der Waals surface area (Å²) >= 11 is 5.02. The molecule has 0 aliphatic heterocycles. The highest BCUT2D eigenvalue weighted by Gasteiger charge is 2.45. The molecule has 1 amide bonds. The second-order valence-electron chi connectivity index (χ2n) is 19.1. The summed E-state index contributed by atoms with van der Waals surface area (Å²) in [6, 6.07) is 28.1. The molecular weight excluding hydrogens is 960 g/mol. The molecule has 0 saturated heterocycles. The molecule has 3 nitrogen and oxygen atoms in total. The lowest BCUT2D eigenvalue weighted by Gasteiger charge is -2.35. The van der Waals surface area contributed by atoms with Gasteiger partial charge in [0.2, 0.25) is 0 Å². The van der Waals surface area contributed by atoms with Crippen LogP contribution in [-0.2, 0) is 15.6 Å². The maximum Gasteiger partial charge on any atom is 0.419 e. The molecule has 4 aromatic carbocycles. The normalized spacial score (nSPS) is 14.4. The van der Waals surface area contributed by atoms with Gasteiger partial charge in [-0.25, -0.2) is 9.69 Å². The van der Waals surface area contributed by atoms with E-state index in [2.05, 4.69) is 146 Å². The first kappa shape index (κ1) is 47.1. The molecule has 6 rings (SSSR count). The quantitative estimate of drug-likeness (QED) is 0.0580. The van der Waals surface area contributed by atoms with Crippen molar-refractivity contribution in [3.8, 4) is 22.3 Å². The summed E-state index contributed by atoms with van der Waals surface area (Å²) in [7, 11) is 0. The van der Waals surface area contributed by atoms with Crippen molar-refractivity contribution in [1.82, 2.24) is 0 Å². The van der Waals surface area contributed by atoms with Crippen LogP contribution in [-0.4, -0.2) is 11.7 Å². The van der Waals surface area contributed by atoms with Gasteiger partial charge in [0.05, 0.1) is 11.4 Å². The summed E-state index contributed by atoms with van der Waals surface area (Å²) in [6.45, 7) is 15.2. The van der Waals surface area contributed by atoms with Crippen molar-refractivity contribution in [1.29, 1.82) is 0 Å². The van der Waals surface area contributed by atoms with Gasteiger partial charge < -0.3 is 4.74 Å². The van der Waals surface area contributed by atoms with Gasteiger partial charge in [0.1, 0.15) is 5.60 Å². The van der Waals surface area contributed by atoms with Crippen LogP contribution >= 0.6 is 45.2 Å². The lowest BCUT2D eigenvalue weighted by Crippen LogP contribution is -2.34. The first-order valence-corrected chi connectivity index (χ1v) is 26.0. The third-order valence-electron chi connectivity index (χ3n) is 13.5. The fourth-order valence-corrected chi connectivity index (χ4v) is 11.6. The number of fused-ring (bicyclic) bond motifs is 6. The zero-order chi connectivity index (χ0) is 42.9. The van der Waals surface area contributed by atoms with Crippen LogP contribution in [0.5, 0.6) is 0 Å². The molecule has 2 aliphatic rings. The number of rotatable bonds is 22. The Kier molecular flexibility index (Phi) is 16.7. The molecule has 5 heteroatoms. The average molecular weight is 1030 g/mol. The van der Waals surface area contributed by atoms with Gasteiger partial charge >= 0.3 is 6.09 Å². The van der Waals surface area contributed by atoms with Gasteiger partial charge in [0.25, 0.3) is 0 Å². The minimum Gasteiger partial charge on any atom is -0.443 e. The second kappa shape index (κ2) is 21.3. The molecule has 0 heterocycles. The Bertz CT molecular complexity index is 1900. The van der Waals surface area contributed by atoms with Gasteiger partial charge in [-0.15, -0.1) is 0 Å². The van der Waals surface area contributed by atoms with Gasteiger partial charge in [0.15, 0.2) is 0 Å². The Morgan fingerprint density at radius 3 is 1.12 bits per heavy atom. The number of unbranched alkanes of at least 4 members (excludes halogenated alkanes) is 12. The summed E-state index contributed by atoms with van der Waals surface area (Å²) in [5.41, 5.74) is 12.1. The highest BCUT2D eigenvalue weighted by molar-refractivity contribution is 14.1. The van der Waals surface area contributed by atoms with Crippen molar-refractivity contribution in [2.24, 2.45) is 0 Å². The van der Waals surface area contributed by atoms with Crippen molar-refractivity contribution < 1.29 is 9.53 Å². The minimum absolute atomic E-state index is 0.0915. The van der Waals surface area contributed by atoms with E-state index in [-0.39, 0.29) is 16.9 Å². The van der Waals surface area contributed by atoms with Crippen molar-refractivity contribution in [3.05, 3.63) is 102 Å². The summed E-state index contributed by atoms with van der Waals surface area (Å²) < 4.78 is 8.95. The third-order valence-corrected chi connectivity index (χ3v) is 14.9. The lowest BCUT2D eigenvalue weighted by atomic mass is 9.70. The van der Waals surface area contributed by atoms with E-state index < -0.39 is 5.60 Å². The highest BCUT2D eigenvalue weighted by atomic mass is 127. The van der Waals surface area contributed by atoms with Crippen molar-refractivity contribution in [2.75, 3.05) is 4.90 Å². The highest BCUT2D eigenvalue weighted by Crippen LogP contribution is 2.58. The van der Waals surface area contributed by atoms with E-state index in [9.17, 15) is 4.79 Å². The van der Waals surface area contributed by atoms with E-state index in [4.69, 9.17) is 4.74 Å². The number of halogens is 2. The van der Waals surface area contributed by atoms with Crippen molar-refractivity contribution in [2.45, 2.75) is 193 Å². The Balaban J connectivity index is 1.53. The Morgan fingerprint density at radius 1 is 0.483 bits per heavy atom. The van der Waals surface area contributed by atoms with Crippen molar-refractivity contribution in [3.63, 3.8) is 0 Å². The maximum absolute atomic E-state index is 14.9. The maximum atomic E-state index is 14.9. The van der Waals surface area contributed by atoms with Crippen molar-refractivity contribution >= 4 is 62.6 Å². The van der Waals surface area contributed by atoms with Crippen LogP contribution in [0.25, 0.3) is 22.3 Å². The zero-order valence-electron chi connectivity index (χ0n) is 38.1. The number of hydrogen-bond donors (Lipinski definition) is 0. The SMILES string of the molecule is CCCCCCC1(CCCCCC)c2cc(I)ccc2-c2ccc(N(C(=O)OC(C)(C)C)c3ccc4c(c3)C(CCCCCC)(CCCCCC)c3cc(I)ccc3-4)cc21. The van der Waals surface area contributed by atoms with E-state index in [1.165, 1.54) is 154 Å². The van der Waals surface area contributed by atoms with E-state index in [1.807, 2.05) is 25.7 Å². The first-order chi connectivity index (χ1) is 28.9. The van der Waals surface area contributed by atoms with E-state index >= 15 is 0 Å². The van der Waals surface area contributed by atoms with Crippen LogP contribution in [0.3, 0.4) is 0 Å². The molecule has 0 atom stereocenters. The largest absolute Gasteiger partial charge is 0.443 e. The summed E-state index contributed by atoms with van der Waals surface area (Å²) in [4.78, 5) is 16.8. The Morgan fingerprint density at radius 2 is 0.800 bits per heavy atom. The smallest absolute Gasteiger partial charge is 0.419 e. The fourth-order valence-electron chi connectivity index (χ4n) is 10.6. The van der Waals surface area contributed by atoms with Gasteiger partial charge in [-0.05, 0) is 185 Å². The molecule has 0 bridgehead atoms. The average Bonchev–Trinajstić information content (AvgIpc) is 3.63. The van der Waals surface area contributed by atoms with E-state index in [0.29, 0.717) is 0 Å². The monoisotopic (exact) mass is 1030 g/mol. The van der Waals surface area contributed by atoms with Gasteiger partial charge in [-0.2, -0.15) is 0 Å². The van der Waals surface area contributed by atoms with E-state index in [0.717, 1.165) is 37.1 Å². The zero-order valence-corrected chi connectivity index (χ0v) is 42.4. The topological polar surface area (TPSA) is 29.5 Å². The number of hydrogen-bond acceptors (Lipinski definition) is 2. The summed E-state index contributed by atoms with van der Waals surface area (Å²) in [5, 5.41) is 0. The second-order valence-corrected chi connectivity index (χ2v) is 21.6. The number of nitrogens with zero attached hydrogens (tertiary/aromatic N) is 1. The number of ether oxygens (including phenoxy) is 1. The minimum atomic E-state index is -0.646. The summed E-state index contributed by atoms with van der Waals surface area (Å²) in [5.74, 6) is 0. The third kappa shape index (κ3) is 10.3. The Hall–Kier alpha value is -2.39. The summed E-state index contributed by atoms with van der Waals surface area (Å²) in [6.07, 6.45) is 24.0. The predicted octanol–water partition coefficient (Wildman–Crippen LogP) is 18.4. The molecule has 0 unspecified atom stereocenters. The van der Waals surface area contributed by atoms with Crippen LogP contribution in [0, 0.1) is 7.14 Å².